The Bertz CT molecular complexity index is 761. The Kier molecular flexibility index (Phi) is 6.64. The zero-order chi connectivity index (χ0) is 19.1. The summed E-state index contributed by atoms with van der Waals surface area (Å²) in [5, 5.41) is 12.3. The summed E-state index contributed by atoms with van der Waals surface area (Å²) in [4.78, 5) is 27.6. The van der Waals surface area contributed by atoms with E-state index in [4.69, 9.17) is 4.74 Å². The second kappa shape index (κ2) is 9.36. The van der Waals surface area contributed by atoms with Crippen LogP contribution in [0.2, 0.25) is 0 Å². The quantitative estimate of drug-likeness (QED) is 0.682. The fraction of sp³-hybridized carbons (Fsp3) is 0.471. The summed E-state index contributed by atoms with van der Waals surface area (Å²) >= 11 is 1.32. The fourth-order valence-electron chi connectivity index (χ4n) is 2.73. The molecular weight excluding hydrogens is 368 g/mol. The number of carbonyl (C=O) groups is 2. The molecule has 1 saturated heterocycles. The number of rotatable bonds is 6. The van der Waals surface area contributed by atoms with Crippen LogP contribution in [-0.2, 0) is 16.1 Å². The van der Waals surface area contributed by atoms with Crippen molar-refractivity contribution in [1.82, 2.24) is 30.0 Å². The second-order valence-corrected chi connectivity index (χ2v) is 6.90. The highest BCUT2D eigenvalue weighted by atomic mass is 32.2. The monoisotopic (exact) mass is 390 g/mol. The van der Waals surface area contributed by atoms with E-state index in [0.717, 1.165) is 5.56 Å². The first kappa shape index (κ1) is 19.2. The molecule has 0 N–H and O–H groups in total. The molecule has 1 aromatic heterocycles. The van der Waals surface area contributed by atoms with Gasteiger partial charge in [0.05, 0.1) is 18.9 Å². The van der Waals surface area contributed by atoms with Crippen molar-refractivity contribution in [2.24, 2.45) is 0 Å². The molecule has 1 fully saturated rings. The molecule has 2 amide bonds. The van der Waals surface area contributed by atoms with E-state index in [2.05, 4.69) is 15.5 Å². The molecule has 0 saturated carbocycles. The van der Waals surface area contributed by atoms with Crippen LogP contribution in [-0.4, -0.2) is 80.5 Å². The van der Waals surface area contributed by atoms with Gasteiger partial charge in [0.25, 0.3) is 0 Å². The number of benzene rings is 1. The van der Waals surface area contributed by atoms with Crippen molar-refractivity contribution < 1.29 is 14.3 Å². The molecule has 0 spiro atoms. The fourth-order valence-corrected chi connectivity index (χ4v) is 3.51. The van der Waals surface area contributed by atoms with Gasteiger partial charge in [-0.1, -0.05) is 42.1 Å². The third kappa shape index (κ3) is 5.19. The topological polar surface area (TPSA) is 93.4 Å². The van der Waals surface area contributed by atoms with Gasteiger partial charge in [0, 0.05) is 26.2 Å². The summed E-state index contributed by atoms with van der Waals surface area (Å²) in [6.45, 7) is 4.68. The number of tetrazole rings is 1. The number of nitrogens with zero attached hydrogens (tertiary/aromatic N) is 6. The Morgan fingerprint density at radius 3 is 2.52 bits per heavy atom. The number of aromatic nitrogens is 4. The average molecular weight is 390 g/mol. The highest BCUT2D eigenvalue weighted by molar-refractivity contribution is 7.99. The molecule has 144 valence electrons. The Balaban J connectivity index is 1.48. The number of carbonyl (C=O) groups excluding carboxylic acids is 2. The highest BCUT2D eigenvalue weighted by Crippen LogP contribution is 2.16. The van der Waals surface area contributed by atoms with Gasteiger partial charge in [-0.2, -0.15) is 0 Å². The number of hydrogen-bond donors (Lipinski definition) is 0. The molecule has 3 rings (SSSR count). The van der Waals surface area contributed by atoms with Gasteiger partial charge in [0.15, 0.2) is 0 Å². The lowest BCUT2D eigenvalue weighted by molar-refractivity contribution is -0.129. The molecule has 27 heavy (non-hydrogen) atoms. The smallest absolute Gasteiger partial charge is 0.409 e. The van der Waals surface area contributed by atoms with Crippen molar-refractivity contribution in [2.45, 2.75) is 18.6 Å². The van der Waals surface area contributed by atoms with Gasteiger partial charge in [-0.25, -0.2) is 9.48 Å². The van der Waals surface area contributed by atoms with Gasteiger partial charge in [0.1, 0.15) is 0 Å². The largest absolute Gasteiger partial charge is 0.450 e. The second-order valence-electron chi connectivity index (χ2n) is 5.96. The Morgan fingerprint density at radius 1 is 1.11 bits per heavy atom. The standard InChI is InChI=1S/C17H22N6O3S/c1-2-26-17(25)22-10-8-21(9-11-22)15(24)13-27-16-18-19-20-23(16)12-14-6-4-3-5-7-14/h3-7H,2,8-13H2,1H3. The predicted octanol–water partition coefficient (Wildman–Crippen LogP) is 1.11. The van der Waals surface area contributed by atoms with Gasteiger partial charge < -0.3 is 14.5 Å². The third-order valence-corrected chi connectivity index (χ3v) is 5.10. The minimum atomic E-state index is -0.320. The molecule has 1 aliphatic heterocycles. The van der Waals surface area contributed by atoms with E-state index in [1.807, 2.05) is 30.3 Å². The van der Waals surface area contributed by atoms with Crippen molar-refractivity contribution in [1.29, 1.82) is 0 Å². The minimum absolute atomic E-state index is 0.0118. The summed E-state index contributed by atoms with van der Waals surface area (Å²) in [6, 6.07) is 9.89. The van der Waals surface area contributed by atoms with Gasteiger partial charge in [-0.15, -0.1) is 5.10 Å². The van der Waals surface area contributed by atoms with Gasteiger partial charge in [0.2, 0.25) is 11.1 Å². The van der Waals surface area contributed by atoms with E-state index < -0.39 is 0 Å². The maximum Gasteiger partial charge on any atom is 0.409 e. The number of hydrogen-bond acceptors (Lipinski definition) is 7. The molecule has 0 atom stereocenters. The molecule has 2 aromatic rings. The zero-order valence-electron chi connectivity index (χ0n) is 15.2. The maximum absolute atomic E-state index is 12.5. The van der Waals surface area contributed by atoms with Crippen LogP contribution in [0.25, 0.3) is 0 Å². The van der Waals surface area contributed by atoms with Crippen LogP contribution < -0.4 is 0 Å². The van der Waals surface area contributed by atoms with E-state index in [1.165, 1.54) is 11.8 Å². The first-order chi connectivity index (χ1) is 13.2. The van der Waals surface area contributed by atoms with Crippen LogP contribution in [0.1, 0.15) is 12.5 Å². The molecule has 2 heterocycles. The Labute approximate surface area is 161 Å². The number of amides is 2. The molecule has 0 radical (unpaired) electrons. The van der Waals surface area contributed by atoms with Crippen molar-refractivity contribution in [2.75, 3.05) is 38.5 Å². The summed E-state index contributed by atoms with van der Waals surface area (Å²) in [6.07, 6.45) is -0.320. The van der Waals surface area contributed by atoms with Crippen molar-refractivity contribution in [3.8, 4) is 0 Å². The molecule has 0 bridgehead atoms. The maximum atomic E-state index is 12.5. The summed E-state index contributed by atoms with van der Waals surface area (Å²) in [5.74, 6) is 0.270. The molecule has 1 aromatic carbocycles. The van der Waals surface area contributed by atoms with E-state index in [0.29, 0.717) is 44.5 Å². The van der Waals surface area contributed by atoms with Crippen LogP contribution in [0.3, 0.4) is 0 Å². The van der Waals surface area contributed by atoms with Crippen LogP contribution >= 0.6 is 11.8 Å². The van der Waals surface area contributed by atoms with Crippen LogP contribution in [0.4, 0.5) is 4.79 Å². The molecule has 1 aliphatic rings. The van der Waals surface area contributed by atoms with Crippen LogP contribution in [0, 0.1) is 0 Å². The van der Waals surface area contributed by atoms with Crippen molar-refractivity contribution in [3.05, 3.63) is 35.9 Å². The van der Waals surface area contributed by atoms with Gasteiger partial charge in [-0.05, 0) is 22.9 Å². The van der Waals surface area contributed by atoms with E-state index in [9.17, 15) is 9.59 Å². The number of ether oxygens (including phenoxy) is 1. The highest BCUT2D eigenvalue weighted by Gasteiger charge is 2.25. The summed E-state index contributed by atoms with van der Waals surface area (Å²) in [5.41, 5.74) is 1.09. The molecule has 0 unspecified atom stereocenters. The lowest BCUT2D eigenvalue weighted by Crippen LogP contribution is -2.51. The van der Waals surface area contributed by atoms with Gasteiger partial charge in [-0.3, -0.25) is 4.79 Å². The molecule has 0 aliphatic carbocycles. The minimum Gasteiger partial charge on any atom is -0.450 e. The molecule has 9 nitrogen and oxygen atoms in total. The average Bonchev–Trinajstić information content (AvgIpc) is 3.14. The third-order valence-electron chi connectivity index (χ3n) is 4.16. The normalized spacial score (nSPS) is 14.3. The SMILES string of the molecule is CCOC(=O)N1CCN(C(=O)CSc2nnnn2Cc2ccccc2)CC1. The first-order valence-corrected chi connectivity index (χ1v) is 9.78. The van der Waals surface area contributed by atoms with E-state index >= 15 is 0 Å². The lowest BCUT2D eigenvalue weighted by Gasteiger charge is -2.34. The Morgan fingerprint density at radius 2 is 1.81 bits per heavy atom. The van der Waals surface area contributed by atoms with E-state index in [1.54, 1.807) is 21.4 Å². The van der Waals surface area contributed by atoms with Crippen LogP contribution in [0.15, 0.2) is 35.5 Å². The van der Waals surface area contributed by atoms with Crippen LogP contribution in [0.5, 0.6) is 0 Å². The zero-order valence-corrected chi connectivity index (χ0v) is 16.0. The molecule has 10 heteroatoms. The number of thioether (sulfide) groups is 1. The van der Waals surface area contributed by atoms with Gasteiger partial charge >= 0.3 is 6.09 Å². The van der Waals surface area contributed by atoms with Crippen molar-refractivity contribution >= 4 is 23.8 Å². The molecular formula is C17H22N6O3S. The number of piperazine rings is 1. The summed E-state index contributed by atoms with van der Waals surface area (Å²) < 4.78 is 6.68. The Hall–Kier alpha value is -2.62. The summed E-state index contributed by atoms with van der Waals surface area (Å²) in [7, 11) is 0. The predicted molar refractivity (Wildman–Crippen MR) is 99.3 cm³/mol. The lowest BCUT2D eigenvalue weighted by atomic mass is 10.2. The van der Waals surface area contributed by atoms with E-state index in [-0.39, 0.29) is 17.8 Å². The van der Waals surface area contributed by atoms with Crippen molar-refractivity contribution in [3.63, 3.8) is 0 Å². The first-order valence-electron chi connectivity index (χ1n) is 8.79.